The van der Waals surface area contributed by atoms with Crippen molar-refractivity contribution in [2.45, 2.75) is 31.5 Å². The van der Waals surface area contributed by atoms with E-state index in [2.05, 4.69) is 0 Å². The van der Waals surface area contributed by atoms with Crippen LogP contribution in [0.2, 0.25) is 0 Å². The van der Waals surface area contributed by atoms with E-state index in [1.54, 1.807) is 0 Å². The fourth-order valence-electron chi connectivity index (χ4n) is 2.89. The maximum atomic E-state index is 11.9. The Morgan fingerprint density at radius 3 is 2.62 bits per heavy atom. The monoisotopic (exact) mass is 217 g/mol. The molecule has 2 aliphatic rings. The molecule has 1 heterocycles. The Hall–Kier alpha value is -1.35. The van der Waals surface area contributed by atoms with E-state index in [1.807, 2.05) is 35.2 Å². The molecule has 1 aliphatic heterocycles. The fourth-order valence-corrected chi connectivity index (χ4v) is 2.89. The van der Waals surface area contributed by atoms with Gasteiger partial charge in [0.05, 0.1) is 12.0 Å². The summed E-state index contributed by atoms with van der Waals surface area (Å²) in [4.78, 5) is 13.9. The molecule has 3 heteroatoms. The zero-order valence-electron chi connectivity index (χ0n) is 9.04. The second-order valence-corrected chi connectivity index (χ2v) is 4.75. The topological polar surface area (TPSA) is 40.5 Å². The Morgan fingerprint density at radius 1 is 1.25 bits per heavy atom. The Labute approximate surface area is 94.7 Å². The van der Waals surface area contributed by atoms with Crippen LogP contribution >= 0.6 is 0 Å². The predicted octanol–water partition coefficient (Wildman–Crippen LogP) is 1.17. The van der Waals surface area contributed by atoms with Gasteiger partial charge in [-0.15, -0.1) is 0 Å². The standard InChI is InChI=1S/C13H15NO2/c15-12-7-10-6-11(12)13(16)14(10)8-9-4-2-1-3-5-9/h1-5,10-12,15H,6-8H2/t10-,11+,12?/m0/s1. The zero-order chi connectivity index (χ0) is 11.1. The molecule has 84 valence electrons. The molecule has 1 N–H and O–H groups in total. The van der Waals surface area contributed by atoms with Gasteiger partial charge in [-0.1, -0.05) is 30.3 Å². The van der Waals surface area contributed by atoms with Gasteiger partial charge < -0.3 is 10.0 Å². The average Bonchev–Trinajstić information content (AvgIpc) is 2.80. The van der Waals surface area contributed by atoms with E-state index >= 15 is 0 Å². The number of aliphatic hydroxyl groups is 1. The number of carbonyl (C=O) groups is 1. The number of likely N-dealkylation sites (tertiary alicyclic amines) is 1. The lowest BCUT2D eigenvalue weighted by molar-refractivity contribution is -0.138. The number of rotatable bonds is 2. The summed E-state index contributed by atoms with van der Waals surface area (Å²) >= 11 is 0. The van der Waals surface area contributed by atoms with E-state index < -0.39 is 6.10 Å². The SMILES string of the molecule is O=C1[C@@H]2C[C@@H](CC2O)N1Cc1ccccc1. The van der Waals surface area contributed by atoms with Crippen LogP contribution in [-0.4, -0.2) is 28.1 Å². The maximum Gasteiger partial charge on any atom is 0.228 e. The minimum Gasteiger partial charge on any atom is -0.392 e. The van der Waals surface area contributed by atoms with Gasteiger partial charge in [0, 0.05) is 12.6 Å². The van der Waals surface area contributed by atoms with Crippen molar-refractivity contribution in [3.63, 3.8) is 0 Å². The molecule has 1 aliphatic carbocycles. The summed E-state index contributed by atoms with van der Waals surface area (Å²) in [6.07, 6.45) is 1.19. The third-order valence-corrected chi connectivity index (χ3v) is 3.74. The van der Waals surface area contributed by atoms with Gasteiger partial charge in [-0.05, 0) is 18.4 Å². The molecule has 2 fully saturated rings. The first kappa shape index (κ1) is 9.85. The summed E-state index contributed by atoms with van der Waals surface area (Å²) in [6.45, 7) is 0.688. The highest BCUT2D eigenvalue weighted by Gasteiger charge is 2.49. The van der Waals surface area contributed by atoms with Crippen LogP contribution in [0.1, 0.15) is 18.4 Å². The van der Waals surface area contributed by atoms with Gasteiger partial charge in [0.1, 0.15) is 0 Å². The van der Waals surface area contributed by atoms with E-state index in [4.69, 9.17) is 0 Å². The highest BCUT2D eigenvalue weighted by molar-refractivity contribution is 5.83. The molecule has 1 saturated heterocycles. The van der Waals surface area contributed by atoms with Crippen LogP contribution in [0.5, 0.6) is 0 Å². The molecule has 3 atom stereocenters. The van der Waals surface area contributed by atoms with Gasteiger partial charge in [-0.2, -0.15) is 0 Å². The number of piperidine rings is 1. The number of amides is 1. The lowest BCUT2D eigenvalue weighted by atomic mass is 10.0. The molecule has 0 spiro atoms. The van der Waals surface area contributed by atoms with Crippen molar-refractivity contribution in [3.05, 3.63) is 35.9 Å². The van der Waals surface area contributed by atoms with E-state index in [0.29, 0.717) is 6.54 Å². The molecule has 16 heavy (non-hydrogen) atoms. The minimum absolute atomic E-state index is 0.131. The highest BCUT2D eigenvalue weighted by Crippen LogP contribution is 2.39. The summed E-state index contributed by atoms with van der Waals surface area (Å²) in [6, 6.07) is 10.3. The second-order valence-electron chi connectivity index (χ2n) is 4.75. The third-order valence-electron chi connectivity index (χ3n) is 3.74. The van der Waals surface area contributed by atoms with Crippen LogP contribution < -0.4 is 0 Å². The number of benzene rings is 1. The molecule has 3 nitrogen and oxygen atoms in total. The van der Waals surface area contributed by atoms with Crippen LogP contribution in [0.15, 0.2) is 30.3 Å². The van der Waals surface area contributed by atoms with Crippen LogP contribution in [0.25, 0.3) is 0 Å². The zero-order valence-corrected chi connectivity index (χ0v) is 9.04. The van der Waals surface area contributed by atoms with E-state index in [1.165, 1.54) is 0 Å². The van der Waals surface area contributed by atoms with E-state index in [9.17, 15) is 9.90 Å². The van der Waals surface area contributed by atoms with Crippen molar-refractivity contribution in [1.29, 1.82) is 0 Å². The molecule has 0 aromatic heterocycles. The molecule has 3 rings (SSSR count). The number of fused-ring (bicyclic) bond motifs is 2. The molecule has 1 aromatic rings. The summed E-state index contributed by atoms with van der Waals surface area (Å²) in [5.41, 5.74) is 1.16. The Morgan fingerprint density at radius 2 is 2.00 bits per heavy atom. The fraction of sp³-hybridized carbons (Fsp3) is 0.462. The van der Waals surface area contributed by atoms with Gasteiger partial charge in [-0.25, -0.2) is 0 Å². The molecule has 0 radical (unpaired) electrons. The van der Waals surface area contributed by atoms with Crippen molar-refractivity contribution in [3.8, 4) is 0 Å². The molecule has 2 bridgehead atoms. The minimum atomic E-state index is -0.399. The molecule has 1 amide bonds. The normalized spacial score (nSPS) is 32.4. The molecule has 1 unspecified atom stereocenters. The predicted molar refractivity (Wildman–Crippen MR) is 59.5 cm³/mol. The van der Waals surface area contributed by atoms with Crippen LogP contribution in [0.3, 0.4) is 0 Å². The van der Waals surface area contributed by atoms with Crippen molar-refractivity contribution in [2.75, 3.05) is 0 Å². The first-order valence-corrected chi connectivity index (χ1v) is 5.78. The lowest BCUT2D eigenvalue weighted by Gasteiger charge is -2.29. The number of aliphatic hydroxyl groups excluding tert-OH is 1. The van der Waals surface area contributed by atoms with Crippen LogP contribution in [0, 0.1) is 5.92 Å². The highest BCUT2D eigenvalue weighted by atomic mass is 16.3. The van der Waals surface area contributed by atoms with E-state index in [0.717, 1.165) is 18.4 Å². The van der Waals surface area contributed by atoms with Gasteiger partial charge in [0.2, 0.25) is 5.91 Å². The quantitative estimate of drug-likeness (QED) is 0.807. The van der Waals surface area contributed by atoms with Gasteiger partial charge in [0.25, 0.3) is 0 Å². The Kier molecular flexibility index (Phi) is 2.21. The van der Waals surface area contributed by atoms with Gasteiger partial charge in [0.15, 0.2) is 0 Å². The Bertz CT molecular complexity index is 404. The summed E-state index contributed by atoms with van der Waals surface area (Å²) in [5, 5.41) is 9.63. The smallest absolute Gasteiger partial charge is 0.228 e. The van der Waals surface area contributed by atoms with Crippen molar-refractivity contribution >= 4 is 5.91 Å². The van der Waals surface area contributed by atoms with Gasteiger partial charge >= 0.3 is 0 Å². The largest absolute Gasteiger partial charge is 0.392 e. The molecular formula is C13H15NO2. The van der Waals surface area contributed by atoms with E-state index in [-0.39, 0.29) is 17.9 Å². The van der Waals surface area contributed by atoms with Crippen molar-refractivity contribution in [2.24, 2.45) is 5.92 Å². The summed E-state index contributed by atoms with van der Waals surface area (Å²) in [7, 11) is 0. The summed E-state index contributed by atoms with van der Waals surface area (Å²) in [5.74, 6) is 0.00122. The number of hydrogen-bond donors (Lipinski definition) is 1. The number of hydrogen-bond acceptors (Lipinski definition) is 2. The van der Waals surface area contributed by atoms with Crippen molar-refractivity contribution < 1.29 is 9.90 Å². The Balaban J connectivity index is 1.76. The molecular weight excluding hydrogens is 202 g/mol. The van der Waals surface area contributed by atoms with Gasteiger partial charge in [-0.3, -0.25) is 4.79 Å². The second kappa shape index (κ2) is 3.59. The average molecular weight is 217 g/mol. The summed E-state index contributed by atoms with van der Waals surface area (Å²) < 4.78 is 0. The molecule has 1 saturated carbocycles. The number of carbonyl (C=O) groups excluding carboxylic acids is 1. The third kappa shape index (κ3) is 1.43. The van der Waals surface area contributed by atoms with Crippen molar-refractivity contribution in [1.82, 2.24) is 4.90 Å². The number of nitrogens with zero attached hydrogens (tertiary/aromatic N) is 1. The lowest BCUT2D eigenvalue weighted by Crippen LogP contribution is -2.41. The molecule has 1 aromatic carbocycles. The van der Waals surface area contributed by atoms with Crippen LogP contribution in [0.4, 0.5) is 0 Å². The van der Waals surface area contributed by atoms with Crippen LogP contribution in [-0.2, 0) is 11.3 Å². The first-order valence-electron chi connectivity index (χ1n) is 5.78. The maximum absolute atomic E-state index is 11.9. The first-order chi connectivity index (χ1) is 7.75.